The zero-order chi connectivity index (χ0) is 11.3. The van der Waals surface area contributed by atoms with Crippen molar-refractivity contribution in [1.29, 1.82) is 5.26 Å². The molecular formula is C12H15ClN2. The van der Waals surface area contributed by atoms with E-state index in [0.29, 0.717) is 10.6 Å². The number of anilines is 1. The van der Waals surface area contributed by atoms with Crippen molar-refractivity contribution in [2.75, 3.05) is 18.5 Å². The van der Waals surface area contributed by atoms with E-state index in [2.05, 4.69) is 17.9 Å². The van der Waals surface area contributed by atoms with Crippen LogP contribution in [0.5, 0.6) is 0 Å². The fourth-order valence-corrected chi connectivity index (χ4v) is 1.62. The van der Waals surface area contributed by atoms with E-state index in [0.717, 1.165) is 25.1 Å². The van der Waals surface area contributed by atoms with E-state index in [1.807, 2.05) is 19.2 Å². The summed E-state index contributed by atoms with van der Waals surface area (Å²) in [5.74, 6) is 0. The van der Waals surface area contributed by atoms with Crippen molar-refractivity contribution in [1.82, 2.24) is 0 Å². The lowest BCUT2D eigenvalue weighted by Gasteiger charge is -2.20. The number of rotatable bonds is 4. The van der Waals surface area contributed by atoms with Crippen LogP contribution in [0.4, 0.5) is 5.69 Å². The van der Waals surface area contributed by atoms with Crippen LogP contribution in [-0.2, 0) is 0 Å². The zero-order valence-corrected chi connectivity index (χ0v) is 9.88. The van der Waals surface area contributed by atoms with Gasteiger partial charge in [-0.15, -0.1) is 0 Å². The first kappa shape index (κ1) is 11.9. The van der Waals surface area contributed by atoms with Gasteiger partial charge in [0.05, 0.1) is 11.3 Å². The molecule has 0 aliphatic carbocycles. The van der Waals surface area contributed by atoms with Crippen LogP contribution in [0.25, 0.3) is 0 Å². The molecule has 15 heavy (non-hydrogen) atoms. The molecule has 0 atom stereocenters. The van der Waals surface area contributed by atoms with Gasteiger partial charge < -0.3 is 4.90 Å². The molecule has 0 unspecified atom stereocenters. The van der Waals surface area contributed by atoms with Crippen molar-refractivity contribution in [2.45, 2.75) is 19.8 Å². The third-order valence-electron chi connectivity index (χ3n) is 2.34. The summed E-state index contributed by atoms with van der Waals surface area (Å²) in [5, 5.41) is 9.59. The minimum absolute atomic E-state index is 0.610. The standard InChI is InChI=1S/C12H15ClN2/c1-3-4-7-15(2)12-6-5-11(13)8-10(12)9-14/h5-6,8H,3-4,7H2,1-2H3. The van der Waals surface area contributed by atoms with Crippen LogP contribution >= 0.6 is 11.6 Å². The Balaban J connectivity index is 2.89. The molecule has 0 fully saturated rings. The molecule has 0 saturated heterocycles. The van der Waals surface area contributed by atoms with Gasteiger partial charge in [0.25, 0.3) is 0 Å². The quantitative estimate of drug-likeness (QED) is 0.780. The Morgan fingerprint density at radius 3 is 2.80 bits per heavy atom. The zero-order valence-electron chi connectivity index (χ0n) is 9.13. The molecule has 0 spiro atoms. The molecule has 2 nitrogen and oxygen atoms in total. The minimum Gasteiger partial charge on any atom is -0.374 e. The molecule has 0 radical (unpaired) electrons. The van der Waals surface area contributed by atoms with Crippen molar-refractivity contribution in [3.8, 4) is 6.07 Å². The van der Waals surface area contributed by atoms with Gasteiger partial charge in [0.15, 0.2) is 0 Å². The average molecular weight is 223 g/mol. The molecule has 1 aromatic rings. The van der Waals surface area contributed by atoms with Gasteiger partial charge in [-0.3, -0.25) is 0 Å². The molecule has 3 heteroatoms. The fraction of sp³-hybridized carbons (Fsp3) is 0.417. The van der Waals surface area contributed by atoms with Gasteiger partial charge in [0.2, 0.25) is 0 Å². The van der Waals surface area contributed by atoms with Gasteiger partial charge >= 0.3 is 0 Å². The summed E-state index contributed by atoms with van der Waals surface area (Å²) in [6, 6.07) is 7.59. The summed E-state index contributed by atoms with van der Waals surface area (Å²) in [5.41, 5.74) is 1.59. The van der Waals surface area contributed by atoms with Crippen molar-refractivity contribution in [2.24, 2.45) is 0 Å². The van der Waals surface area contributed by atoms with Gasteiger partial charge in [-0.1, -0.05) is 24.9 Å². The highest BCUT2D eigenvalue weighted by atomic mass is 35.5. The summed E-state index contributed by atoms with van der Waals surface area (Å²) in [6.45, 7) is 3.12. The molecule has 0 aromatic heterocycles. The Bertz CT molecular complexity index is 368. The summed E-state index contributed by atoms with van der Waals surface area (Å²) < 4.78 is 0. The van der Waals surface area contributed by atoms with Crippen LogP contribution in [0.15, 0.2) is 18.2 Å². The van der Waals surface area contributed by atoms with E-state index < -0.39 is 0 Å². The smallest absolute Gasteiger partial charge is 0.101 e. The molecule has 0 N–H and O–H groups in total. The van der Waals surface area contributed by atoms with E-state index in [1.54, 1.807) is 6.07 Å². The van der Waals surface area contributed by atoms with Gasteiger partial charge in [-0.05, 0) is 24.6 Å². The molecule has 0 amide bonds. The van der Waals surface area contributed by atoms with Crippen molar-refractivity contribution in [3.05, 3.63) is 28.8 Å². The Hall–Kier alpha value is -1.20. The number of benzene rings is 1. The maximum Gasteiger partial charge on any atom is 0.101 e. The molecule has 1 rings (SSSR count). The number of nitriles is 1. The lowest BCUT2D eigenvalue weighted by atomic mass is 10.1. The topological polar surface area (TPSA) is 27.0 Å². The van der Waals surface area contributed by atoms with Gasteiger partial charge in [0.1, 0.15) is 6.07 Å². The highest BCUT2D eigenvalue weighted by Gasteiger charge is 2.06. The Labute approximate surface area is 96.1 Å². The third-order valence-corrected chi connectivity index (χ3v) is 2.57. The van der Waals surface area contributed by atoms with Crippen LogP contribution < -0.4 is 4.90 Å². The predicted molar refractivity (Wildman–Crippen MR) is 64.3 cm³/mol. The van der Waals surface area contributed by atoms with Gasteiger partial charge in [-0.25, -0.2) is 0 Å². The van der Waals surface area contributed by atoms with Crippen molar-refractivity contribution < 1.29 is 0 Å². The largest absolute Gasteiger partial charge is 0.374 e. The number of hydrogen-bond donors (Lipinski definition) is 0. The summed E-state index contributed by atoms with van der Waals surface area (Å²) in [6.07, 6.45) is 2.28. The van der Waals surface area contributed by atoms with E-state index in [4.69, 9.17) is 16.9 Å². The van der Waals surface area contributed by atoms with Gasteiger partial charge in [0, 0.05) is 18.6 Å². The second kappa shape index (κ2) is 5.63. The second-order valence-corrected chi connectivity index (χ2v) is 3.98. The SMILES string of the molecule is CCCCN(C)c1ccc(Cl)cc1C#N. The number of halogens is 1. The molecule has 80 valence electrons. The minimum atomic E-state index is 0.610. The van der Waals surface area contributed by atoms with Crippen molar-refractivity contribution in [3.63, 3.8) is 0 Å². The van der Waals surface area contributed by atoms with Crippen LogP contribution in [-0.4, -0.2) is 13.6 Å². The maximum absolute atomic E-state index is 8.98. The normalized spacial score (nSPS) is 9.73. The monoisotopic (exact) mass is 222 g/mol. The first-order valence-electron chi connectivity index (χ1n) is 5.09. The number of nitrogens with zero attached hydrogens (tertiary/aromatic N) is 2. The predicted octanol–water partition coefficient (Wildman–Crippen LogP) is 3.45. The van der Waals surface area contributed by atoms with E-state index in [9.17, 15) is 0 Å². The lowest BCUT2D eigenvalue weighted by Crippen LogP contribution is -2.19. The highest BCUT2D eigenvalue weighted by Crippen LogP contribution is 2.22. The summed E-state index contributed by atoms with van der Waals surface area (Å²) >= 11 is 5.83. The van der Waals surface area contributed by atoms with Crippen LogP contribution in [0.3, 0.4) is 0 Å². The van der Waals surface area contributed by atoms with Crippen molar-refractivity contribution >= 4 is 17.3 Å². The van der Waals surface area contributed by atoms with E-state index >= 15 is 0 Å². The van der Waals surface area contributed by atoms with E-state index in [-0.39, 0.29) is 0 Å². The molecule has 0 bridgehead atoms. The van der Waals surface area contributed by atoms with E-state index in [1.165, 1.54) is 0 Å². The molecule has 0 aliphatic rings. The first-order valence-corrected chi connectivity index (χ1v) is 5.47. The number of unbranched alkanes of at least 4 members (excludes halogenated alkanes) is 1. The summed E-state index contributed by atoms with van der Waals surface area (Å²) in [7, 11) is 2.00. The highest BCUT2D eigenvalue weighted by molar-refractivity contribution is 6.30. The van der Waals surface area contributed by atoms with Crippen LogP contribution in [0.2, 0.25) is 5.02 Å². The maximum atomic E-state index is 8.98. The number of hydrogen-bond acceptors (Lipinski definition) is 2. The Morgan fingerprint density at radius 2 is 2.20 bits per heavy atom. The summed E-state index contributed by atoms with van der Waals surface area (Å²) in [4.78, 5) is 2.10. The average Bonchev–Trinajstić information content (AvgIpc) is 2.25. The van der Waals surface area contributed by atoms with Gasteiger partial charge in [-0.2, -0.15) is 5.26 Å². The molecular weight excluding hydrogens is 208 g/mol. The Morgan fingerprint density at radius 1 is 1.47 bits per heavy atom. The molecule has 1 aromatic carbocycles. The Kier molecular flexibility index (Phi) is 4.45. The fourth-order valence-electron chi connectivity index (χ4n) is 1.45. The molecule has 0 aliphatic heterocycles. The lowest BCUT2D eigenvalue weighted by molar-refractivity contribution is 0.766. The molecule has 0 saturated carbocycles. The first-order chi connectivity index (χ1) is 7.19. The third kappa shape index (κ3) is 3.14. The van der Waals surface area contributed by atoms with Crippen LogP contribution in [0.1, 0.15) is 25.3 Å². The van der Waals surface area contributed by atoms with Crippen LogP contribution in [0, 0.1) is 11.3 Å². The second-order valence-electron chi connectivity index (χ2n) is 3.55. The molecule has 0 heterocycles.